The highest BCUT2D eigenvalue weighted by atomic mass is 15.2. The van der Waals surface area contributed by atoms with Gasteiger partial charge in [0.05, 0.1) is 5.69 Å². The van der Waals surface area contributed by atoms with Gasteiger partial charge in [-0.15, -0.1) is 0 Å². The lowest BCUT2D eigenvalue weighted by atomic mass is 9.33. The van der Waals surface area contributed by atoms with Gasteiger partial charge in [-0.1, -0.05) is 146 Å². The van der Waals surface area contributed by atoms with Crippen LogP contribution in [0.2, 0.25) is 0 Å². The van der Waals surface area contributed by atoms with Crippen LogP contribution in [0.3, 0.4) is 0 Å². The molecule has 1 saturated carbocycles. The van der Waals surface area contributed by atoms with Crippen molar-refractivity contribution in [1.82, 2.24) is 0 Å². The number of fused-ring (bicyclic) bond motifs is 12. The summed E-state index contributed by atoms with van der Waals surface area (Å²) in [7, 11) is 0. The van der Waals surface area contributed by atoms with Crippen molar-refractivity contribution in [2.45, 2.75) is 128 Å². The maximum Gasteiger partial charge on any atom is 0.252 e. The second-order valence-electron chi connectivity index (χ2n) is 23.5. The van der Waals surface area contributed by atoms with Crippen LogP contribution in [-0.2, 0) is 21.7 Å². The second kappa shape index (κ2) is 13.2. The van der Waals surface area contributed by atoms with Crippen molar-refractivity contribution >= 4 is 57.2 Å². The van der Waals surface area contributed by atoms with E-state index >= 15 is 0 Å². The monoisotopic (exact) mass is 844 g/mol. The van der Waals surface area contributed by atoms with Gasteiger partial charge in [0.2, 0.25) is 0 Å². The average Bonchev–Trinajstić information content (AvgIpc) is 4.11. The summed E-state index contributed by atoms with van der Waals surface area (Å²) in [6.07, 6.45) is 6.00. The van der Waals surface area contributed by atoms with E-state index in [2.05, 4.69) is 206 Å². The molecule has 2 atom stereocenters. The summed E-state index contributed by atoms with van der Waals surface area (Å²) in [5.41, 5.74) is 28.1. The molecule has 6 aliphatic rings. The van der Waals surface area contributed by atoms with E-state index in [-0.39, 0.29) is 28.4 Å². The van der Waals surface area contributed by atoms with E-state index in [1.807, 2.05) is 0 Å². The Morgan fingerprint density at radius 1 is 0.446 bits per heavy atom. The van der Waals surface area contributed by atoms with Crippen LogP contribution in [0.15, 0.2) is 133 Å². The van der Waals surface area contributed by atoms with Gasteiger partial charge in [0.25, 0.3) is 6.71 Å². The molecule has 2 nitrogen and oxygen atoms in total. The Balaban J connectivity index is 1.15. The molecule has 0 amide bonds. The third-order valence-electron chi connectivity index (χ3n) is 17.5. The smallest absolute Gasteiger partial charge is 0.252 e. The van der Waals surface area contributed by atoms with E-state index in [9.17, 15) is 0 Å². The first-order valence-electron chi connectivity index (χ1n) is 24.6. The number of benzene rings is 7. The van der Waals surface area contributed by atoms with Gasteiger partial charge >= 0.3 is 0 Å². The van der Waals surface area contributed by atoms with E-state index in [0.29, 0.717) is 11.8 Å². The van der Waals surface area contributed by atoms with Crippen LogP contribution in [0.25, 0.3) is 22.3 Å². The summed E-state index contributed by atoms with van der Waals surface area (Å²) < 4.78 is 0. The van der Waals surface area contributed by atoms with Crippen LogP contribution in [-0.4, -0.2) is 6.71 Å². The minimum atomic E-state index is 0.0422. The first-order valence-corrected chi connectivity index (χ1v) is 24.6. The summed E-state index contributed by atoms with van der Waals surface area (Å²) in [4.78, 5) is 5.40. The molecule has 0 spiro atoms. The van der Waals surface area contributed by atoms with Gasteiger partial charge in [0.1, 0.15) is 0 Å². The van der Waals surface area contributed by atoms with Crippen LogP contribution >= 0.6 is 0 Å². The molecule has 2 aliphatic heterocycles. The van der Waals surface area contributed by atoms with Crippen molar-refractivity contribution in [3.05, 3.63) is 172 Å². The van der Waals surface area contributed by atoms with Crippen LogP contribution in [0.4, 0.5) is 34.1 Å². The molecule has 7 aromatic carbocycles. The molecule has 13 rings (SSSR count). The normalized spacial score (nSPS) is 21.4. The Labute approximate surface area is 387 Å². The number of hydrogen-bond donors (Lipinski definition) is 0. The number of aryl methyl sites for hydroxylation is 1. The van der Waals surface area contributed by atoms with E-state index in [1.54, 1.807) is 0 Å². The highest BCUT2D eigenvalue weighted by molar-refractivity contribution is 7.00. The molecule has 0 radical (unpaired) electrons. The summed E-state index contributed by atoms with van der Waals surface area (Å²) in [5, 5.41) is 0. The summed E-state index contributed by atoms with van der Waals surface area (Å²) in [6, 6.07) is 52.9. The van der Waals surface area contributed by atoms with E-state index in [1.165, 1.54) is 144 Å². The molecule has 7 aromatic rings. The zero-order valence-electron chi connectivity index (χ0n) is 39.9. The van der Waals surface area contributed by atoms with Gasteiger partial charge in [-0.05, 0) is 187 Å². The molecular formula is C62H61BN2. The summed E-state index contributed by atoms with van der Waals surface area (Å²) in [5.74, 6) is 1.22. The molecule has 2 unspecified atom stereocenters. The Bertz CT molecular complexity index is 3180. The largest absolute Gasteiger partial charge is 0.311 e. The third kappa shape index (κ3) is 5.60. The Morgan fingerprint density at radius 2 is 1.05 bits per heavy atom. The maximum absolute atomic E-state index is 2.71. The van der Waals surface area contributed by atoms with Gasteiger partial charge in [-0.3, -0.25) is 0 Å². The van der Waals surface area contributed by atoms with Gasteiger partial charge in [0.15, 0.2) is 0 Å². The fourth-order valence-corrected chi connectivity index (χ4v) is 13.5. The molecule has 0 saturated heterocycles. The molecule has 0 N–H and O–H groups in total. The Morgan fingerprint density at radius 3 is 1.78 bits per heavy atom. The van der Waals surface area contributed by atoms with E-state index in [0.717, 1.165) is 0 Å². The second-order valence-corrected chi connectivity index (χ2v) is 23.5. The number of hydrogen-bond acceptors (Lipinski definition) is 2. The van der Waals surface area contributed by atoms with Crippen LogP contribution in [0.5, 0.6) is 0 Å². The van der Waals surface area contributed by atoms with Crippen molar-refractivity contribution in [1.29, 1.82) is 0 Å². The van der Waals surface area contributed by atoms with Gasteiger partial charge in [-0.25, -0.2) is 0 Å². The molecule has 4 aliphatic carbocycles. The number of nitrogens with zero attached hydrogens (tertiary/aromatic N) is 2. The minimum absolute atomic E-state index is 0.0422. The van der Waals surface area contributed by atoms with Gasteiger partial charge < -0.3 is 9.80 Å². The maximum atomic E-state index is 2.71. The van der Waals surface area contributed by atoms with Crippen molar-refractivity contribution < 1.29 is 0 Å². The molecule has 2 heterocycles. The first-order chi connectivity index (χ1) is 31.1. The first kappa shape index (κ1) is 39.6. The van der Waals surface area contributed by atoms with Crippen LogP contribution in [0.1, 0.15) is 138 Å². The number of rotatable bonds is 3. The lowest BCUT2D eigenvalue weighted by Crippen LogP contribution is -2.62. The predicted octanol–water partition coefficient (Wildman–Crippen LogP) is 14.7. The molecule has 322 valence electrons. The Hall–Kier alpha value is -5.80. The molecular weight excluding hydrogens is 784 g/mol. The van der Waals surface area contributed by atoms with Crippen LogP contribution < -0.4 is 26.2 Å². The average molecular weight is 845 g/mol. The zero-order chi connectivity index (χ0) is 44.5. The lowest BCUT2D eigenvalue weighted by molar-refractivity contribution is 0.332. The minimum Gasteiger partial charge on any atom is -0.311 e. The van der Waals surface area contributed by atoms with Gasteiger partial charge in [-0.2, -0.15) is 0 Å². The highest BCUT2D eigenvalue weighted by Gasteiger charge is 2.50. The van der Waals surface area contributed by atoms with Gasteiger partial charge in [0, 0.05) is 34.0 Å². The molecule has 0 aromatic heterocycles. The van der Waals surface area contributed by atoms with Crippen molar-refractivity contribution in [2.75, 3.05) is 9.80 Å². The number of anilines is 6. The standard InChI is InChI=1S/C62H61BN2/c1-37-30-55-58-56(31-37)65(53-21-15-20-43-45-34-44(45)41-18-13-14-19-42(41)57(43)53)52-25-22-39(38-16-11-10-12-17-38)32-50(52)63(58)51-35-48-49(62(8,9)29-28-61(48,6)7)36-54(51)64(55)40-23-24-46-47(33-40)60(4,5)27-26-59(46,2)3/h10-25,30-33,35-36,44-45H,26-29,34H2,1-9H3. The van der Waals surface area contributed by atoms with Crippen LogP contribution in [0, 0.1) is 6.92 Å². The molecule has 3 heteroatoms. The van der Waals surface area contributed by atoms with E-state index in [4.69, 9.17) is 0 Å². The predicted molar refractivity (Wildman–Crippen MR) is 277 cm³/mol. The lowest BCUT2D eigenvalue weighted by Gasteiger charge is -2.48. The fraction of sp³-hybridized carbons (Fsp3) is 0.323. The molecule has 65 heavy (non-hydrogen) atoms. The third-order valence-corrected chi connectivity index (χ3v) is 17.5. The SMILES string of the molecule is Cc1cc2c3c(c1)N(c1cccc4c1-c1ccccc1C1CC41)c1ccc(-c4ccccc4)cc1B3c1cc3c(cc1N2c1ccc2c(c1)C(C)(C)CCC2(C)C)C(C)(C)CCC3(C)C. The quantitative estimate of drug-likeness (QED) is 0.164. The summed E-state index contributed by atoms with van der Waals surface area (Å²) in [6.45, 7) is 22.2. The summed E-state index contributed by atoms with van der Waals surface area (Å²) >= 11 is 0. The zero-order valence-corrected chi connectivity index (χ0v) is 39.9. The van der Waals surface area contributed by atoms with Crippen molar-refractivity contribution in [3.63, 3.8) is 0 Å². The highest BCUT2D eigenvalue weighted by Crippen LogP contribution is 2.64. The van der Waals surface area contributed by atoms with Crippen molar-refractivity contribution in [2.24, 2.45) is 0 Å². The Kier molecular flexibility index (Phi) is 8.02. The van der Waals surface area contributed by atoms with Crippen molar-refractivity contribution in [3.8, 4) is 22.3 Å². The topological polar surface area (TPSA) is 6.48 Å². The molecule has 0 bridgehead atoms. The fourth-order valence-electron chi connectivity index (χ4n) is 13.5. The van der Waals surface area contributed by atoms with E-state index < -0.39 is 0 Å². The molecule has 1 fully saturated rings.